The molecule has 0 atom stereocenters. The second-order valence-electron chi connectivity index (χ2n) is 5.19. The van der Waals surface area contributed by atoms with E-state index in [1.807, 2.05) is 12.1 Å². The van der Waals surface area contributed by atoms with Crippen LogP contribution in [0.1, 0.15) is 30.1 Å². The molecule has 0 bridgehead atoms. The first-order valence-corrected chi connectivity index (χ1v) is 7.79. The molecule has 0 aromatic heterocycles. The molecule has 0 N–H and O–H groups in total. The molecule has 1 aliphatic heterocycles. The molecular weight excluding hydrogens is 315 g/mol. The normalized spacial score (nSPS) is 16.6. The maximum absolute atomic E-state index is 12.4. The molecule has 0 unspecified atom stereocenters. The third-order valence-electron chi connectivity index (χ3n) is 3.54. The Hall–Kier alpha value is -1.50. The Labute approximate surface area is 130 Å². The first-order valence-electron chi connectivity index (χ1n) is 6.91. The predicted molar refractivity (Wildman–Crippen MR) is 78.0 cm³/mol. The summed E-state index contributed by atoms with van der Waals surface area (Å²) in [7, 11) is 0. The zero-order valence-electron chi connectivity index (χ0n) is 12.0. The number of piperidine rings is 1. The third kappa shape index (κ3) is 4.25. The van der Waals surface area contributed by atoms with Gasteiger partial charge in [-0.2, -0.15) is 13.2 Å². The van der Waals surface area contributed by atoms with Gasteiger partial charge in [-0.25, -0.2) is 0 Å². The van der Waals surface area contributed by atoms with Gasteiger partial charge in [0.2, 0.25) is 0 Å². The minimum Gasteiger partial charge on any atom is -0.335 e. The molecule has 0 spiro atoms. The van der Waals surface area contributed by atoms with Crippen LogP contribution in [0.15, 0.2) is 29.2 Å². The Morgan fingerprint density at radius 2 is 1.68 bits per heavy atom. The quantitative estimate of drug-likeness (QED) is 0.795. The highest BCUT2D eigenvalue weighted by Gasteiger charge is 2.43. The maximum atomic E-state index is 12.4. The number of halogens is 3. The summed E-state index contributed by atoms with van der Waals surface area (Å²) in [5.41, 5.74) is 0.634. The number of alkyl halides is 3. The van der Waals surface area contributed by atoms with E-state index in [2.05, 4.69) is 0 Å². The smallest absolute Gasteiger partial charge is 0.335 e. The van der Waals surface area contributed by atoms with E-state index in [-0.39, 0.29) is 24.1 Å². The van der Waals surface area contributed by atoms with Gasteiger partial charge in [0.05, 0.1) is 0 Å². The van der Waals surface area contributed by atoms with E-state index in [1.54, 1.807) is 23.9 Å². The summed E-state index contributed by atoms with van der Waals surface area (Å²) in [5, 5.41) is 0.181. The first-order chi connectivity index (χ1) is 10.3. The number of hydrogen-bond donors (Lipinski definition) is 0. The lowest BCUT2D eigenvalue weighted by Crippen LogP contribution is -2.45. The second-order valence-corrected chi connectivity index (χ2v) is 6.56. The molecule has 120 valence electrons. The maximum Gasteiger partial charge on any atom is 0.471 e. The van der Waals surface area contributed by atoms with Gasteiger partial charge in [-0.05, 0) is 31.9 Å². The second kappa shape index (κ2) is 6.73. The summed E-state index contributed by atoms with van der Waals surface area (Å²) in [6, 6.07) is 7.17. The molecule has 1 aromatic rings. The van der Waals surface area contributed by atoms with Crippen LogP contribution in [0, 0.1) is 0 Å². The van der Waals surface area contributed by atoms with Gasteiger partial charge in [0.15, 0.2) is 5.78 Å². The van der Waals surface area contributed by atoms with Crippen molar-refractivity contribution >= 4 is 23.5 Å². The van der Waals surface area contributed by atoms with Crippen LogP contribution in [0.3, 0.4) is 0 Å². The van der Waals surface area contributed by atoms with Crippen molar-refractivity contribution in [2.45, 2.75) is 36.1 Å². The van der Waals surface area contributed by atoms with Crippen LogP contribution < -0.4 is 0 Å². The standard InChI is InChI=1S/C15H16F3NO2S/c1-10(20)11-2-4-12(5-3-11)22-13-6-8-19(9-7-13)14(21)15(16,17)18/h2-5,13H,6-9H2,1H3. The first kappa shape index (κ1) is 16.9. The Morgan fingerprint density at radius 3 is 2.14 bits per heavy atom. The predicted octanol–water partition coefficient (Wildman–Crippen LogP) is 3.53. The molecule has 1 aromatic carbocycles. The number of carbonyl (C=O) groups excluding carboxylic acids is 2. The fraction of sp³-hybridized carbons (Fsp3) is 0.467. The van der Waals surface area contributed by atoms with Gasteiger partial charge in [0.1, 0.15) is 0 Å². The summed E-state index contributed by atoms with van der Waals surface area (Å²) in [6.07, 6.45) is -3.73. The average Bonchev–Trinajstić information content (AvgIpc) is 2.47. The summed E-state index contributed by atoms with van der Waals surface area (Å²) in [6.45, 7) is 1.75. The van der Waals surface area contributed by atoms with Crippen molar-refractivity contribution in [3.05, 3.63) is 29.8 Å². The van der Waals surface area contributed by atoms with E-state index in [4.69, 9.17) is 0 Å². The fourth-order valence-electron chi connectivity index (χ4n) is 2.32. The van der Waals surface area contributed by atoms with Crippen molar-refractivity contribution in [2.24, 2.45) is 0 Å². The highest BCUT2D eigenvalue weighted by atomic mass is 32.2. The number of nitrogens with zero attached hydrogens (tertiary/aromatic N) is 1. The number of Topliss-reactive ketones (excluding diaryl/α,β-unsaturated/α-hetero) is 1. The van der Waals surface area contributed by atoms with E-state index >= 15 is 0 Å². The number of benzene rings is 1. The minimum atomic E-state index is -4.79. The number of likely N-dealkylation sites (tertiary alicyclic amines) is 1. The van der Waals surface area contributed by atoms with Crippen molar-refractivity contribution in [2.75, 3.05) is 13.1 Å². The van der Waals surface area contributed by atoms with Crippen molar-refractivity contribution in [3.8, 4) is 0 Å². The zero-order valence-corrected chi connectivity index (χ0v) is 12.8. The monoisotopic (exact) mass is 331 g/mol. The molecule has 22 heavy (non-hydrogen) atoms. The number of thioether (sulfide) groups is 1. The van der Waals surface area contributed by atoms with Crippen molar-refractivity contribution in [1.82, 2.24) is 4.90 Å². The number of carbonyl (C=O) groups is 2. The topological polar surface area (TPSA) is 37.4 Å². The van der Waals surface area contributed by atoms with Crippen molar-refractivity contribution in [1.29, 1.82) is 0 Å². The molecule has 3 nitrogen and oxygen atoms in total. The average molecular weight is 331 g/mol. The van der Waals surface area contributed by atoms with Gasteiger partial charge in [-0.3, -0.25) is 9.59 Å². The lowest BCUT2D eigenvalue weighted by Gasteiger charge is -2.32. The van der Waals surface area contributed by atoms with Gasteiger partial charge in [-0.1, -0.05) is 12.1 Å². The van der Waals surface area contributed by atoms with Crippen LogP contribution >= 0.6 is 11.8 Å². The van der Waals surface area contributed by atoms with E-state index in [9.17, 15) is 22.8 Å². The number of ketones is 1. The van der Waals surface area contributed by atoms with Crippen molar-refractivity contribution in [3.63, 3.8) is 0 Å². The molecule has 1 heterocycles. The Bertz CT molecular complexity index is 549. The fourth-order valence-corrected chi connectivity index (χ4v) is 3.44. The Balaban J connectivity index is 1.87. The van der Waals surface area contributed by atoms with Crippen LogP contribution in [0.4, 0.5) is 13.2 Å². The highest BCUT2D eigenvalue weighted by Crippen LogP contribution is 2.31. The molecule has 2 rings (SSSR count). The molecule has 1 aliphatic rings. The van der Waals surface area contributed by atoms with E-state index in [1.165, 1.54) is 6.92 Å². The molecular formula is C15H16F3NO2S. The molecule has 1 fully saturated rings. The summed E-state index contributed by atoms with van der Waals surface area (Å²) in [4.78, 5) is 24.2. The summed E-state index contributed by atoms with van der Waals surface area (Å²) < 4.78 is 37.1. The SMILES string of the molecule is CC(=O)c1ccc(SC2CCN(C(=O)C(F)(F)F)CC2)cc1. The van der Waals surface area contributed by atoms with Gasteiger partial charge < -0.3 is 4.90 Å². The molecule has 7 heteroatoms. The van der Waals surface area contributed by atoms with Crippen LogP contribution in [0.2, 0.25) is 0 Å². The van der Waals surface area contributed by atoms with Crippen LogP contribution in [-0.4, -0.2) is 41.1 Å². The number of rotatable bonds is 3. The van der Waals surface area contributed by atoms with Gasteiger partial charge >= 0.3 is 12.1 Å². The largest absolute Gasteiger partial charge is 0.471 e. The minimum absolute atomic E-state index is 0.00415. The lowest BCUT2D eigenvalue weighted by molar-refractivity contribution is -0.186. The van der Waals surface area contributed by atoms with E-state index < -0.39 is 12.1 Å². The summed E-state index contributed by atoms with van der Waals surface area (Å²) in [5.74, 6) is -1.75. The Kier molecular flexibility index (Phi) is 5.16. The van der Waals surface area contributed by atoms with Gasteiger partial charge in [0, 0.05) is 28.8 Å². The van der Waals surface area contributed by atoms with E-state index in [0.29, 0.717) is 18.4 Å². The number of hydrogen-bond acceptors (Lipinski definition) is 3. The van der Waals surface area contributed by atoms with E-state index in [0.717, 1.165) is 9.80 Å². The third-order valence-corrected chi connectivity index (χ3v) is 4.88. The molecule has 0 saturated carbocycles. The molecule has 1 amide bonds. The van der Waals surface area contributed by atoms with Gasteiger partial charge in [-0.15, -0.1) is 11.8 Å². The highest BCUT2D eigenvalue weighted by molar-refractivity contribution is 8.00. The zero-order chi connectivity index (χ0) is 16.3. The van der Waals surface area contributed by atoms with Crippen LogP contribution in [0.25, 0.3) is 0 Å². The summed E-state index contributed by atoms with van der Waals surface area (Å²) >= 11 is 1.58. The molecule has 1 saturated heterocycles. The molecule has 0 radical (unpaired) electrons. The number of amides is 1. The van der Waals surface area contributed by atoms with Crippen LogP contribution in [0.5, 0.6) is 0 Å². The van der Waals surface area contributed by atoms with Crippen molar-refractivity contribution < 1.29 is 22.8 Å². The molecule has 0 aliphatic carbocycles. The Morgan fingerprint density at radius 1 is 1.14 bits per heavy atom. The lowest BCUT2D eigenvalue weighted by atomic mass is 10.1. The van der Waals surface area contributed by atoms with Crippen LogP contribution in [-0.2, 0) is 4.79 Å². The van der Waals surface area contributed by atoms with Gasteiger partial charge in [0.25, 0.3) is 0 Å².